The van der Waals surface area contributed by atoms with Gasteiger partial charge in [-0.2, -0.15) is 0 Å². The smallest absolute Gasteiger partial charge is 0.135 e. The van der Waals surface area contributed by atoms with Gasteiger partial charge in [-0.15, -0.1) is 6.42 Å². The topological polar surface area (TPSA) is 9.23 Å². The van der Waals surface area contributed by atoms with Crippen LogP contribution in [0.2, 0.25) is 0 Å². The Morgan fingerprint density at radius 1 is 1.18 bits per heavy atom. The first-order valence-electron chi connectivity index (χ1n) is 6.26. The van der Waals surface area contributed by atoms with E-state index in [2.05, 4.69) is 12.0 Å². The number of hydrogen-bond donors (Lipinski definition) is 0. The van der Waals surface area contributed by atoms with E-state index >= 15 is 0 Å². The molecule has 1 aromatic carbocycles. The summed E-state index contributed by atoms with van der Waals surface area (Å²) >= 11 is 0. The summed E-state index contributed by atoms with van der Waals surface area (Å²) in [7, 11) is 0. The quantitative estimate of drug-likeness (QED) is 0.560. The lowest BCUT2D eigenvalue weighted by Gasteiger charge is -2.13. The van der Waals surface area contributed by atoms with E-state index in [0.29, 0.717) is 6.61 Å². The zero-order valence-corrected chi connectivity index (χ0v) is 10.1. The van der Waals surface area contributed by atoms with E-state index in [1.807, 2.05) is 24.3 Å². The van der Waals surface area contributed by atoms with Gasteiger partial charge in [0.1, 0.15) is 12.4 Å². The molecule has 1 aromatic rings. The van der Waals surface area contributed by atoms with Gasteiger partial charge in [-0.25, -0.2) is 0 Å². The van der Waals surface area contributed by atoms with Gasteiger partial charge in [0, 0.05) is 0 Å². The first-order chi connectivity index (χ1) is 8.40. The summed E-state index contributed by atoms with van der Waals surface area (Å²) in [5.41, 5.74) is 2.36. The van der Waals surface area contributed by atoms with Crippen molar-refractivity contribution >= 4 is 0 Å². The van der Waals surface area contributed by atoms with E-state index in [0.717, 1.165) is 11.3 Å². The van der Waals surface area contributed by atoms with Crippen LogP contribution in [-0.4, -0.2) is 6.61 Å². The highest BCUT2D eigenvalue weighted by Gasteiger charge is 2.04. The zero-order chi connectivity index (χ0) is 11.9. The van der Waals surface area contributed by atoms with Crippen LogP contribution in [0.5, 0.6) is 5.75 Å². The zero-order valence-electron chi connectivity index (χ0n) is 10.1. The van der Waals surface area contributed by atoms with Crippen molar-refractivity contribution in [3.63, 3.8) is 0 Å². The van der Waals surface area contributed by atoms with Crippen LogP contribution >= 0.6 is 0 Å². The number of allylic oxidation sites excluding steroid dienone is 1. The summed E-state index contributed by atoms with van der Waals surface area (Å²) < 4.78 is 5.71. The predicted octanol–water partition coefficient (Wildman–Crippen LogP) is 3.94. The molecule has 0 aromatic heterocycles. The summed E-state index contributed by atoms with van der Waals surface area (Å²) in [6.45, 7) is 0.633. The summed E-state index contributed by atoms with van der Waals surface area (Å²) in [4.78, 5) is 0. The van der Waals surface area contributed by atoms with Crippen molar-refractivity contribution in [3.05, 3.63) is 41.5 Å². The van der Waals surface area contributed by atoms with Crippen molar-refractivity contribution < 1.29 is 4.74 Å². The summed E-state index contributed by atoms with van der Waals surface area (Å²) in [6.07, 6.45) is 14.1. The molecule has 0 saturated heterocycles. The number of terminal acetylenes is 1. The average molecular weight is 226 g/mol. The molecule has 2 rings (SSSR count). The SMILES string of the molecule is C#Cc1ccccc1OCC=C1CCCCC1. The lowest BCUT2D eigenvalue weighted by Crippen LogP contribution is -2.00. The molecule has 17 heavy (non-hydrogen) atoms. The van der Waals surface area contributed by atoms with Crippen LogP contribution in [0.3, 0.4) is 0 Å². The van der Waals surface area contributed by atoms with Gasteiger partial charge in [0.15, 0.2) is 0 Å². The fourth-order valence-corrected chi connectivity index (χ4v) is 2.17. The highest BCUT2D eigenvalue weighted by Crippen LogP contribution is 2.23. The van der Waals surface area contributed by atoms with Crippen LogP contribution < -0.4 is 4.74 Å². The van der Waals surface area contributed by atoms with Gasteiger partial charge in [-0.1, -0.05) is 30.0 Å². The van der Waals surface area contributed by atoms with E-state index in [1.165, 1.54) is 37.7 Å². The Hall–Kier alpha value is -1.68. The molecule has 1 fully saturated rings. The van der Waals surface area contributed by atoms with Crippen LogP contribution in [0.4, 0.5) is 0 Å². The number of benzene rings is 1. The first kappa shape index (κ1) is 11.8. The molecule has 1 aliphatic carbocycles. The minimum absolute atomic E-state index is 0.633. The normalized spacial score (nSPS) is 15.1. The van der Waals surface area contributed by atoms with Crippen molar-refractivity contribution in [2.24, 2.45) is 0 Å². The molecule has 1 heteroatoms. The predicted molar refractivity (Wildman–Crippen MR) is 71.0 cm³/mol. The van der Waals surface area contributed by atoms with Gasteiger partial charge in [0.2, 0.25) is 0 Å². The second-order valence-electron chi connectivity index (χ2n) is 4.37. The average Bonchev–Trinajstić information content (AvgIpc) is 2.40. The molecule has 88 valence electrons. The monoisotopic (exact) mass is 226 g/mol. The third kappa shape index (κ3) is 3.39. The molecule has 0 heterocycles. The third-order valence-electron chi connectivity index (χ3n) is 3.15. The molecule has 0 spiro atoms. The first-order valence-corrected chi connectivity index (χ1v) is 6.26. The summed E-state index contributed by atoms with van der Waals surface area (Å²) in [5, 5.41) is 0. The van der Waals surface area contributed by atoms with Gasteiger partial charge in [-0.05, 0) is 43.9 Å². The summed E-state index contributed by atoms with van der Waals surface area (Å²) in [6, 6.07) is 7.71. The molecule has 1 saturated carbocycles. The third-order valence-corrected chi connectivity index (χ3v) is 3.15. The van der Waals surface area contributed by atoms with E-state index in [9.17, 15) is 0 Å². The Morgan fingerprint density at radius 3 is 2.71 bits per heavy atom. The van der Waals surface area contributed by atoms with Crippen molar-refractivity contribution in [2.45, 2.75) is 32.1 Å². The Balaban J connectivity index is 1.91. The standard InChI is InChI=1S/C16H18O/c1-2-15-10-6-7-11-16(15)17-13-12-14-8-4-3-5-9-14/h1,6-7,10-12H,3-5,8-9,13H2. The van der Waals surface area contributed by atoms with Gasteiger partial charge in [0.25, 0.3) is 0 Å². The molecular weight excluding hydrogens is 208 g/mol. The van der Waals surface area contributed by atoms with Crippen molar-refractivity contribution in [3.8, 4) is 18.1 Å². The Kier molecular flexibility index (Phi) is 4.27. The summed E-state index contributed by atoms with van der Waals surface area (Å²) in [5.74, 6) is 3.45. The van der Waals surface area contributed by atoms with Crippen LogP contribution in [0, 0.1) is 12.3 Å². The number of rotatable bonds is 3. The van der Waals surface area contributed by atoms with E-state index in [-0.39, 0.29) is 0 Å². The Morgan fingerprint density at radius 2 is 1.94 bits per heavy atom. The maximum Gasteiger partial charge on any atom is 0.135 e. The minimum atomic E-state index is 0.633. The van der Waals surface area contributed by atoms with E-state index in [4.69, 9.17) is 11.2 Å². The molecule has 0 N–H and O–H groups in total. The molecule has 0 aliphatic heterocycles. The molecule has 1 aliphatic rings. The Labute approximate surface area is 103 Å². The number of ether oxygens (including phenoxy) is 1. The number of hydrogen-bond acceptors (Lipinski definition) is 1. The maximum absolute atomic E-state index is 5.71. The van der Waals surface area contributed by atoms with E-state index < -0.39 is 0 Å². The lowest BCUT2D eigenvalue weighted by molar-refractivity contribution is 0.359. The van der Waals surface area contributed by atoms with Crippen LogP contribution in [0.15, 0.2) is 35.9 Å². The highest BCUT2D eigenvalue weighted by atomic mass is 16.5. The molecular formula is C16H18O. The van der Waals surface area contributed by atoms with Gasteiger partial charge < -0.3 is 4.74 Å². The minimum Gasteiger partial charge on any atom is -0.488 e. The molecule has 0 unspecified atom stereocenters. The molecule has 0 atom stereocenters. The fraction of sp³-hybridized carbons (Fsp3) is 0.375. The number of para-hydroxylation sites is 1. The van der Waals surface area contributed by atoms with Crippen LogP contribution in [0.1, 0.15) is 37.7 Å². The van der Waals surface area contributed by atoms with Crippen molar-refractivity contribution in [1.29, 1.82) is 0 Å². The highest BCUT2D eigenvalue weighted by molar-refractivity contribution is 5.44. The van der Waals surface area contributed by atoms with Crippen molar-refractivity contribution in [1.82, 2.24) is 0 Å². The van der Waals surface area contributed by atoms with Crippen molar-refractivity contribution in [2.75, 3.05) is 6.61 Å². The van der Waals surface area contributed by atoms with E-state index in [1.54, 1.807) is 0 Å². The van der Waals surface area contributed by atoms with Gasteiger partial charge >= 0.3 is 0 Å². The van der Waals surface area contributed by atoms with Crippen LogP contribution in [-0.2, 0) is 0 Å². The van der Waals surface area contributed by atoms with Crippen LogP contribution in [0.25, 0.3) is 0 Å². The lowest BCUT2D eigenvalue weighted by atomic mass is 9.95. The molecule has 1 nitrogen and oxygen atoms in total. The fourth-order valence-electron chi connectivity index (χ4n) is 2.17. The second-order valence-corrected chi connectivity index (χ2v) is 4.37. The molecule has 0 radical (unpaired) electrons. The second kappa shape index (κ2) is 6.15. The maximum atomic E-state index is 5.71. The largest absolute Gasteiger partial charge is 0.488 e. The molecule has 0 bridgehead atoms. The van der Waals surface area contributed by atoms with Gasteiger partial charge in [-0.3, -0.25) is 0 Å². The molecule has 0 amide bonds. The van der Waals surface area contributed by atoms with Gasteiger partial charge in [0.05, 0.1) is 5.56 Å². The Bertz CT molecular complexity index is 429.